The molecule has 0 spiro atoms. The van der Waals surface area contributed by atoms with Crippen molar-refractivity contribution >= 4 is 6.09 Å². The van der Waals surface area contributed by atoms with Crippen LogP contribution in [0.3, 0.4) is 0 Å². The van der Waals surface area contributed by atoms with Crippen molar-refractivity contribution in [2.45, 2.75) is 89.3 Å². The molecule has 6 nitrogen and oxygen atoms in total. The number of amides is 1. The van der Waals surface area contributed by atoms with Gasteiger partial charge in [-0.05, 0) is 31.7 Å². The summed E-state index contributed by atoms with van der Waals surface area (Å²) in [5, 5.41) is 13.9. The maximum Gasteiger partial charge on any atom is 0.407 e. The lowest BCUT2D eigenvalue weighted by Crippen LogP contribution is -2.48. The van der Waals surface area contributed by atoms with Gasteiger partial charge in [-0.25, -0.2) is 4.79 Å². The molecule has 2 fully saturated rings. The standard InChI is InChI=1S/C23H35NO5/c1-23(2)21(28-16-29-23)14-20(25)19(13-17-9-5-3-6-10-17)24-22(26)27-15-18-11-7-4-8-12-18/h4,7-8,11-12,17,19-21,25H,3,5-6,9-10,13-16H2,1-2H3,(H,24,26)/t19-,20-,21+/m0/s1. The highest BCUT2D eigenvalue weighted by atomic mass is 16.7. The van der Waals surface area contributed by atoms with Crippen LogP contribution in [0.15, 0.2) is 30.3 Å². The minimum absolute atomic E-state index is 0.200. The number of hydrogen-bond acceptors (Lipinski definition) is 5. The molecular formula is C23H35NO5. The van der Waals surface area contributed by atoms with Crippen LogP contribution in [0.1, 0.15) is 64.4 Å². The Hall–Kier alpha value is -1.63. The summed E-state index contributed by atoms with van der Waals surface area (Å²) in [6.45, 7) is 4.39. The van der Waals surface area contributed by atoms with Gasteiger partial charge in [0.05, 0.1) is 23.9 Å². The van der Waals surface area contributed by atoms with Gasteiger partial charge in [-0.2, -0.15) is 0 Å². The van der Waals surface area contributed by atoms with Gasteiger partial charge in [0, 0.05) is 6.42 Å². The highest BCUT2D eigenvalue weighted by Gasteiger charge is 2.40. The first-order valence-corrected chi connectivity index (χ1v) is 10.8. The Balaban J connectivity index is 1.57. The quantitative estimate of drug-likeness (QED) is 0.679. The number of carbonyl (C=O) groups excluding carboxylic acids is 1. The number of alkyl carbamates (subject to hydrolysis) is 1. The van der Waals surface area contributed by atoms with Crippen LogP contribution in [-0.2, 0) is 20.8 Å². The van der Waals surface area contributed by atoms with Crippen molar-refractivity contribution in [1.29, 1.82) is 0 Å². The van der Waals surface area contributed by atoms with Crippen LogP contribution in [0.4, 0.5) is 4.79 Å². The summed E-state index contributed by atoms with van der Waals surface area (Å²) in [4.78, 5) is 12.4. The summed E-state index contributed by atoms with van der Waals surface area (Å²) >= 11 is 0. The molecule has 1 aromatic carbocycles. The largest absolute Gasteiger partial charge is 0.445 e. The third kappa shape index (κ3) is 6.69. The molecule has 1 heterocycles. The second-order valence-corrected chi connectivity index (χ2v) is 8.88. The number of nitrogens with one attached hydrogen (secondary N) is 1. The fourth-order valence-electron chi connectivity index (χ4n) is 4.31. The van der Waals surface area contributed by atoms with E-state index in [1.807, 2.05) is 44.2 Å². The number of carbonyl (C=O) groups is 1. The average Bonchev–Trinajstić information content (AvgIpc) is 3.05. The summed E-state index contributed by atoms with van der Waals surface area (Å²) < 4.78 is 16.7. The first-order valence-electron chi connectivity index (χ1n) is 10.8. The Bertz CT molecular complexity index is 629. The van der Waals surface area contributed by atoms with Gasteiger partial charge in [-0.3, -0.25) is 0 Å². The van der Waals surface area contributed by atoms with Crippen molar-refractivity contribution in [2.75, 3.05) is 6.79 Å². The Morgan fingerprint density at radius 2 is 1.93 bits per heavy atom. The lowest BCUT2D eigenvalue weighted by molar-refractivity contribution is 0.0111. The van der Waals surface area contributed by atoms with E-state index in [1.165, 1.54) is 19.3 Å². The first-order chi connectivity index (χ1) is 13.9. The molecule has 1 aliphatic carbocycles. The fraction of sp³-hybridized carbons (Fsp3) is 0.696. The Morgan fingerprint density at radius 3 is 2.59 bits per heavy atom. The summed E-state index contributed by atoms with van der Waals surface area (Å²) in [6, 6.07) is 9.23. The third-order valence-electron chi connectivity index (χ3n) is 6.22. The second-order valence-electron chi connectivity index (χ2n) is 8.88. The Kier molecular flexibility index (Phi) is 7.92. The van der Waals surface area contributed by atoms with E-state index in [0.717, 1.165) is 24.8 Å². The molecule has 1 aliphatic heterocycles. The van der Waals surface area contributed by atoms with Gasteiger partial charge in [0.2, 0.25) is 0 Å². The summed E-state index contributed by atoms with van der Waals surface area (Å²) in [6.07, 6.45) is 5.79. The summed E-state index contributed by atoms with van der Waals surface area (Å²) in [5.41, 5.74) is 0.495. The molecule has 0 unspecified atom stereocenters. The van der Waals surface area contributed by atoms with Crippen molar-refractivity contribution < 1.29 is 24.1 Å². The highest BCUT2D eigenvalue weighted by Crippen LogP contribution is 2.31. The van der Waals surface area contributed by atoms with E-state index in [1.54, 1.807) is 0 Å². The normalized spacial score (nSPS) is 24.0. The number of ether oxygens (including phenoxy) is 3. The molecule has 0 aromatic heterocycles. The number of aliphatic hydroxyl groups is 1. The molecule has 29 heavy (non-hydrogen) atoms. The molecule has 0 radical (unpaired) electrons. The topological polar surface area (TPSA) is 77.0 Å². The Morgan fingerprint density at radius 1 is 1.21 bits per heavy atom. The van der Waals surface area contributed by atoms with Crippen LogP contribution in [-0.4, -0.2) is 41.8 Å². The molecule has 162 valence electrons. The predicted molar refractivity (Wildman–Crippen MR) is 110 cm³/mol. The fourth-order valence-corrected chi connectivity index (χ4v) is 4.31. The zero-order chi connectivity index (χ0) is 20.7. The zero-order valence-electron chi connectivity index (χ0n) is 17.6. The SMILES string of the molecule is CC1(C)OCO[C@@H]1C[C@H](O)[C@H](CC1CCCCC1)NC(=O)OCc1ccccc1. The van der Waals surface area contributed by atoms with Gasteiger partial charge >= 0.3 is 6.09 Å². The molecule has 6 heteroatoms. The molecule has 1 saturated heterocycles. The summed E-state index contributed by atoms with van der Waals surface area (Å²) in [7, 11) is 0. The molecule has 1 aromatic rings. The van der Waals surface area contributed by atoms with Crippen LogP contribution in [0.25, 0.3) is 0 Å². The van der Waals surface area contributed by atoms with E-state index in [4.69, 9.17) is 14.2 Å². The molecule has 3 rings (SSSR count). The van der Waals surface area contributed by atoms with E-state index in [-0.39, 0.29) is 25.5 Å². The Labute approximate surface area is 173 Å². The monoisotopic (exact) mass is 405 g/mol. The molecule has 1 saturated carbocycles. The first kappa shape index (κ1) is 22.1. The van der Waals surface area contributed by atoms with Crippen molar-refractivity contribution in [1.82, 2.24) is 5.32 Å². The lowest BCUT2D eigenvalue weighted by Gasteiger charge is -2.32. The molecule has 1 amide bonds. The van der Waals surface area contributed by atoms with E-state index < -0.39 is 17.8 Å². The third-order valence-corrected chi connectivity index (χ3v) is 6.22. The van der Waals surface area contributed by atoms with Gasteiger partial charge in [-0.1, -0.05) is 62.4 Å². The van der Waals surface area contributed by atoms with E-state index in [0.29, 0.717) is 12.3 Å². The molecule has 3 atom stereocenters. The van der Waals surface area contributed by atoms with Gasteiger partial charge in [0.15, 0.2) is 0 Å². The van der Waals surface area contributed by atoms with Crippen LogP contribution in [0.5, 0.6) is 0 Å². The number of benzene rings is 1. The van der Waals surface area contributed by atoms with Gasteiger partial charge < -0.3 is 24.6 Å². The zero-order valence-corrected chi connectivity index (χ0v) is 17.6. The molecule has 0 bridgehead atoms. The van der Waals surface area contributed by atoms with Crippen molar-refractivity contribution in [3.8, 4) is 0 Å². The van der Waals surface area contributed by atoms with Crippen LogP contribution < -0.4 is 5.32 Å². The summed E-state index contributed by atoms with van der Waals surface area (Å²) in [5.74, 6) is 0.520. The van der Waals surface area contributed by atoms with Crippen molar-refractivity contribution in [3.63, 3.8) is 0 Å². The average molecular weight is 406 g/mol. The second kappa shape index (κ2) is 10.4. The van der Waals surface area contributed by atoms with E-state index >= 15 is 0 Å². The predicted octanol–water partition coefficient (Wildman–Crippen LogP) is 4.15. The molecule has 2 N–H and O–H groups in total. The van der Waals surface area contributed by atoms with E-state index in [2.05, 4.69) is 5.32 Å². The number of rotatable bonds is 8. The highest BCUT2D eigenvalue weighted by molar-refractivity contribution is 5.67. The molecule has 2 aliphatic rings. The van der Waals surface area contributed by atoms with Crippen LogP contribution in [0, 0.1) is 5.92 Å². The van der Waals surface area contributed by atoms with Crippen LogP contribution in [0.2, 0.25) is 0 Å². The molecular weight excluding hydrogens is 370 g/mol. The smallest absolute Gasteiger partial charge is 0.407 e. The van der Waals surface area contributed by atoms with Crippen molar-refractivity contribution in [2.24, 2.45) is 5.92 Å². The van der Waals surface area contributed by atoms with Crippen molar-refractivity contribution in [3.05, 3.63) is 35.9 Å². The minimum Gasteiger partial charge on any atom is -0.445 e. The van der Waals surface area contributed by atoms with Gasteiger partial charge in [0.1, 0.15) is 13.4 Å². The van der Waals surface area contributed by atoms with Crippen LogP contribution >= 0.6 is 0 Å². The van der Waals surface area contributed by atoms with Gasteiger partial charge in [0.25, 0.3) is 0 Å². The van der Waals surface area contributed by atoms with E-state index in [9.17, 15) is 9.90 Å². The lowest BCUT2D eigenvalue weighted by atomic mass is 9.82. The van der Waals surface area contributed by atoms with Gasteiger partial charge in [-0.15, -0.1) is 0 Å². The minimum atomic E-state index is -0.716. The maximum atomic E-state index is 12.4. The maximum absolute atomic E-state index is 12.4. The number of hydrogen-bond donors (Lipinski definition) is 2. The number of aliphatic hydroxyl groups excluding tert-OH is 1.